The van der Waals surface area contributed by atoms with E-state index in [-0.39, 0.29) is 17.4 Å². The second kappa shape index (κ2) is 7.85. The molecule has 0 saturated carbocycles. The molecule has 5 nitrogen and oxygen atoms in total. The molecule has 0 aliphatic carbocycles. The van der Waals surface area contributed by atoms with Crippen molar-refractivity contribution in [3.8, 4) is 0 Å². The van der Waals surface area contributed by atoms with Crippen molar-refractivity contribution in [3.63, 3.8) is 0 Å². The van der Waals surface area contributed by atoms with Gasteiger partial charge in [-0.05, 0) is 39.7 Å². The molecule has 1 aliphatic rings. The van der Waals surface area contributed by atoms with Gasteiger partial charge in [-0.1, -0.05) is 6.42 Å². The van der Waals surface area contributed by atoms with Gasteiger partial charge in [-0.2, -0.15) is 0 Å². The summed E-state index contributed by atoms with van der Waals surface area (Å²) in [7, 11) is -3.28. The van der Waals surface area contributed by atoms with Crippen molar-refractivity contribution in [2.75, 3.05) is 31.1 Å². The first kappa shape index (κ1) is 16.4. The Bertz CT molecular complexity index is 371. The van der Waals surface area contributed by atoms with E-state index >= 15 is 0 Å². The molecule has 1 saturated heterocycles. The van der Waals surface area contributed by atoms with Crippen LogP contribution < -0.4 is 5.32 Å². The maximum Gasteiger partial charge on any atom is 0.237 e. The molecule has 0 spiro atoms. The monoisotopic (exact) mass is 290 g/mol. The van der Waals surface area contributed by atoms with Gasteiger partial charge in [-0.15, -0.1) is 0 Å². The lowest BCUT2D eigenvalue weighted by atomic mass is 10.0. The second-order valence-electron chi connectivity index (χ2n) is 5.09. The highest BCUT2D eigenvalue weighted by molar-refractivity contribution is 7.92. The number of piperidine rings is 1. The van der Waals surface area contributed by atoms with Gasteiger partial charge < -0.3 is 10.2 Å². The predicted molar refractivity (Wildman–Crippen MR) is 76.8 cm³/mol. The number of amides is 1. The zero-order valence-corrected chi connectivity index (χ0v) is 12.8. The lowest BCUT2D eigenvalue weighted by Gasteiger charge is -2.23. The Kier molecular flexibility index (Phi) is 6.79. The van der Waals surface area contributed by atoms with Crippen LogP contribution in [0.25, 0.3) is 0 Å². The predicted octanol–water partition coefficient (Wildman–Crippen LogP) is 0.802. The molecule has 0 aromatic heterocycles. The Labute approximate surface area is 116 Å². The summed E-state index contributed by atoms with van der Waals surface area (Å²) < 4.78 is 23.9. The van der Waals surface area contributed by atoms with Crippen molar-refractivity contribution in [1.82, 2.24) is 10.2 Å². The van der Waals surface area contributed by atoms with Gasteiger partial charge in [-0.3, -0.25) is 4.79 Å². The topological polar surface area (TPSA) is 66.5 Å². The molecule has 1 N–H and O–H groups in total. The molecule has 0 aromatic rings. The molecule has 1 rings (SSSR count). The molecular formula is C13H26N2O3S. The van der Waals surface area contributed by atoms with E-state index in [9.17, 15) is 13.2 Å². The lowest BCUT2D eigenvalue weighted by Crippen LogP contribution is -2.38. The minimum Gasteiger partial charge on any atom is -0.342 e. The molecule has 1 atom stereocenters. The van der Waals surface area contributed by atoms with Crippen LogP contribution >= 0.6 is 0 Å². The molecule has 0 aromatic carbocycles. The number of rotatable bonds is 7. The van der Waals surface area contributed by atoms with Gasteiger partial charge >= 0.3 is 0 Å². The summed E-state index contributed by atoms with van der Waals surface area (Å²) >= 11 is 0. The Balaban J connectivity index is 2.40. The van der Waals surface area contributed by atoms with Gasteiger partial charge in [0.15, 0.2) is 9.84 Å². The molecular weight excluding hydrogens is 264 g/mol. The Morgan fingerprint density at radius 1 is 1.26 bits per heavy atom. The first-order valence-electron chi connectivity index (χ1n) is 7.20. The van der Waals surface area contributed by atoms with Gasteiger partial charge in [0.2, 0.25) is 5.91 Å². The van der Waals surface area contributed by atoms with E-state index in [2.05, 4.69) is 5.32 Å². The standard InChI is InChI=1S/C13H26N2O3S/c1-3-15(4-2)13(16)11-19(17,18)10-8-12-7-5-6-9-14-12/h12,14H,3-11H2,1-2H3. The van der Waals surface area contributed by atoms with Crippen LogP contribution in [0.15, 0.2) is 0 Å². The van der Waals surface area contributed by atoms with E-state index in [1.165, 1.54) is 6.42 Å². The average Bonchev–Trinajstić information content (AvgIpc) is 2.38. The number of nitrogens with one attached hydrogen (secondary N) is 1. The maximum atomic E-state index is 11.9. The highest BCUT2D eigenvalue weighted by atomic mass is 32.2. The van der Waals surface area contributed by atoms with Gasteiger partial charge in [0.25, 0.3) is 0 Å². The van der Waals surface area contributed by atoms with E-state index in [4.69, 9.17) is 0 Å². The summed E-state index contributed by atoms with van der Waals surface area (Å²) in [4.78, 5) is 13.4. The molecule has 1 unspecified atom stereocenters. The van der Waals surface area contributed by atoms with Crippen LogP contribution in [-0.4, -0.2) is 56.4 Å². The highest BCUT2D eigenvalue weighted by Crippen LogP contribution is 2.11. The third-order valence-electron chi connectivity index (χ3n) is 3.65. The number of carbonyl (C=O) groups is 1. The second-order valence-corrected chi connectivity index (χ2v) is 7.28. The zero-order valence-electron chi connectivity index (χ0n) is 12.0. The van der Waals surface area contributed by atoms with E-state index in [1.807, 2.05) is 13.8 Å². The van der Waals surface area contributed by atoms with E-state index in [0.717, 1.165) is 19.4 Å². The van der Waals surface area contributed by atoms with E-state index in [1.54, 1.807) is 4.90 Å². The zero-order chi connectivity index (χ0) is 14.3. The smallest absolute Gasteiger partial charge is 0.237 e. The van der Waals surface area contributed by atoms with Crippen LogP contribution in [0.1, 0.15) is 39.5 Å². The maximum absolute atomic E-state index is 11.9. The molecule has 1 amide bonds. The summed E-state index contributed by atoms with van der Waals surface area (Å²) in [5.41, 5.74) is 0. The first-order chi connectivity index (χ1) is 8.98. The fraction of sp³-hybridized carbons (Fsp3) is 0.923. The van der Waals surface area contributed by atoms with Crippen molar-refractivity contribution >= 4 is 15.7 Å². The number of hydrogen-bond acceptors (Lipinski definition) is 4. The summed E-state index contributed by atoms with van der Waals surface area (Å²) in [5.74, 6) is -0.513. The quantitative estimate of drug-likeness (QED) is 0.753. The Morgan fingerprint density at radius 3 is 2.47 bits per heavy atom. The van der Waals surface area contributed by atoms with Crippen LogP contribution in [0.5, 0.6) is 0 Å². The van der Waals surface area contributed by atoms with Gasteiger partial charge in [-0.25, -0.2) is 8.42 Å². The van der Waals surface area contributed by atoms with Crippen molar-refractivity contribution in [2.45, 2.75) is 45.6 Å². The fourth-order valence-corrected chi connectivity index (χ4v) is 3.77. The minimum absolute atomic E-state index is 0.109. The van der Waals surface area contributed by atoms with Gasteiger partial charge in [0.05, 0.1) is 5.75 Å². The van der Waals surface area contributed by atoms with Crippen molar-refractivity contribution in [3.05, 3.63) is 0 Å². The summed E-state index contributed by atoms with van der Waals surface area (Å²) in [5, 5.41) is 3.33. The normalized spacial score (nSPS) is 20.2. The minimum atomic E-state index is -3.28. The number of hydrogen-bond donors (Lipinski definition) is 1. The Hall–Kier alpha value is -0.620. The molecule has 0 bridgehead atoms. The first-order valence-corrected chi connectivity index (χ1v) is 9.02. The van der Waals surface area contributed by atoms with E-state index in [0.29, 0.717) is 25.6 Å². The molecule has 0 radical (unpaired) electrons. The van der Waals surface area contributed by atoms with Crippen molar-refractivity contribution in [1.29, 1.82) is 0 Å². The molecule has 1 fully saturated rings. The van der Waals surface area contributed by atoms with E-state index < -0.39 is 9.84 Å². The fourth-order valence-electron chi connectivity index (χ4n) is 2.42. The van der Waals surface area contributed by atoms with Crippen LogP contribution in [0, 0.1) is 0 Å². The van der Waals surface area contributed by atoms with Crippen LogP contribution in [0.4, 0.5) is 0 Å². The van der Waals surface area contributed by atoms with Crippen LogP contribution in [-0.2, 0) is 14.6 Å². The largest absolute Gasteiger partial charge is 0.342 e. The van der Waals surface area contributed by atoms with Crippen molar-refractivity contribution < 1.29 is 13.2 Å². The number of nitrogens with zero attached hydrogens (tertiary/aromatic N) is 1. The molecule has 112 valence electrons. The summed E-state index contributed by atoms with van der Waals surface area (Å²) in [6, 6.07) is 0.298. The molecule has 1 heterocycles. The third-order valence-corrected chi connectivity index (χ3v) is 5.19. The summed E-state index contributed by atoms with van der Waals surface area (Å²) in [6.07, 6.45) is 3.99. The molecule has 1 aliphatic heterocycles. The van der Waals surface area contributed by atoms with Gasteiger partial charge in [0.1, 0.15) is 5.75 Å². The molecule has 6 heteroatoms. The lowest BCUT2D eigenvalue weighted by molar-refractivity contribution is -0.128. The SMILES string of the molecule is CCN(CC)C(=O)CS(=O)(=O)CCC1CCCCN1. The van der Waals surface area contributed by atoms with Gasteiger partial charge in [0, 0.05) is 19.1 Å². The molecule has 19 heavy (non-hydrogen) atoms. The number of carbonyl (C=O) groups excluding carboxylic acids is 1. The third kappa shape index (κ3) is 5.91. The summed E-state index contributed by atoms with van der Waals surface area (Å²) in [6.45, 7) is 5.83. The number of sulfone groups is 1. The van der Waals surface area contributed by atoms with Crippen LogP contribution in [0.3, 0.4) is 0 Å². The van der Waals surface area contributed by atoms with Crippen molar-refractivity contribution in [2.24, 2.45) is 0 Å². The highest BCUT2D eigenvalue weighted by Gasteiger charge is 2.22. The average molecular weight is 290 g/mol. The van der Waals surface area contributed by atoms with Crippen LogP contribution in [0.2, 0.25) is 0 Å². The Morgan fingerprint density at radius 2 is 1.95 bits per heavy atom.